The van der Waals surface area contributed by atoms with E-state index >= 15 is 0 Å². The fourth-order valence-electron chi connectivity index (χ4n) is 3.09. The van der Waals surface area contributed by atoms with Gasteiger partial charge in [-0.1, -0.05) is 6.92 Å². The highest BCUT2D eigenvalue weighted by Crippen LogP contribution is 2.25. The van der Waals surface area contributed by atoms with E-state index in [0.717, 1.165) is 31.7 Å². The van der Waals surface area contributed by atoms with Crippen molar-refractivity contribution in [2.24, 2.45) is 0 Å². The zero-order chi connectivity index (χ0) is 15.2. The number of nitrogens with zero attached hydrogens (tertiary/aromatic N) is 3. The minimum Gasteiger partial charge on any atom is -0.370 e. The van der Waals surface area contributed by atoms with E-state index in [0.29, 0.717) is 6.04 Å². The lowest BCUT2D eigenvalue weighted by Crippen LogP contribution is -2.45. The maximum atomic E-state index is 4.48. The van der Waals surface area contributed by atoms with Crippen LogP contribution in [0.2, 0.25) is 0 Å². The van der Waals surface area contributed by atoms with Gasteiger partial charge in [0.2, 0.25) is 0 Å². The summed E-state index contributed by atoms with van der Waals surface area (Å²) in [6.07, 6.45) is 5.78. The topological polar surface area (TPSA) is 31.4 Å². The van der Waals surface area contributed by atoms with Gasteiger partial charge in [-0.05, 0) is 52.4 Å². The number of piperidine rings is 1. The zero-order valence-electron chi connectivity index (χ0n) is 14.0. The summed E-state index contributed by atoms with van der Waals surface area (Å²) in [5.74, 6) is 0. The van der Waals surface area contributed by atoms with Crippen molar-refractivity contribution in [2.75, 3.05) is 38.6 Å². The normalized spacial score (nSPS) is 19.7. The van der Waals surface area contributed by atoms with E-state index in [2.05, 4.69) is 54.1 Å². The number of likely N-dealkylation sites (tertiary alicyclic amines) is 1. The first kappa shape index (κ1) is 16.2. The van der Waals surface area contributed by atoms with Gasteiger partial charge in [0.15, 0.2) is 0 Å². The number of nitrogens with one attached hydrogen (secondary N) is 1. The number of hydrogen-bond acceptors (Lipinski definition) is 4. The highest BCUT2D eigenvalue weighted by Gasteiger charge is 2.22. The third-order valence-electron chi connectivity index (χ3n) is 4.37. The summed E-state index contributed by atoms with van der Waals surface area (Å²) < 4.78 is 0. The molecule has 1 aliphatic rings. The van der Waals surface area contributed by atoms with Gasteiger partial charge in [0.25, 0.3) is 0 Å². The van der Waals surface area contributed by atoms with Crippen LogP contribution >= 0.6 is 0 Å². The molecule has 1 aliphatic heterocycles. The Hall–Kier alpha value is -1.13. The Kier molecular flexibility index (Phi) is 6.00. The molecule has 1 aromatic heterocycles. The lowest BCUT2D eigenvalue weighted by atomic mass is 10.0. The molecule has 1 N–H and O–H groups in total. The Morgan fingerprint density at radius 1 is 1.48 bits per heavy atom. The summed E-state index contributed by atoms with van der Waals surface area (Å²) >= 11 is 0. The summed E-state index contributed by atoms with van der Waals surface area (Å²) in [6, 6.07) is 2.84. The largest absolute Gasteiger partial charge is 0.370 e. The Labute approximate surface area is 129 Å². The van der Waals surface area contributed by atoms with Gasteiger partial charge >= 0.3 is 0 Å². The van der Waals surface area contributed by atoms with Crippen molar-refractivity contribution >= 4 is 5.69 Å². The minimum atomic E-state index is 0.607. The number of likely N-dealkylation sites (N-methyl/N-ethyl adjacent to an activating group) is 2. The third kappa shape index (κ3) is 4.42. The maximum absolute atomic E-state index is 4.48. The van der Waals surface area contributed by atoms with E-state index in [1.165, 1.54) is 30.6 Å². The molecule has 118 valence electrons. The molecule has 0 amide bonds. The molecule has 1 atom stereocenters. The van der Waals surface area contributed by atoms with E-state index in [-0.39, 0.29) is 0 Å². The van der Waals surface area contributed by atoms with Crippen molar-refractivity contribution in [1.29, 1.82) is 0 Å². The number of hydrogen-bond donors (Lipinski definition) is 1. The van der Waals surface area contributed by atoms with Crippen molar-refractivity contribution in [3.63, 3.8) is 0 Å². The van der Waals surface area contributed by atoms with Gasteiger partial charge in [0.05, 0.1) is 0 Å². The molecule has 0 saturated carbocycles. The second kappa shape index (κ2) is 7.76. The van der Waals surface area contributed by atoms with Crippen LogP contribution in [0.15, 0.2) is 12.3 Å². The lowest BCUT2D eigenvalue weighted by molar-refractivity contribution is 0.248. The number of aromatic nitrogens is 1. The predicted octanol–water partition coefficient (Wildman–Crippen LogP) is 2.42. The van der Waals surface area contributed by atoms with Crippen LogP contribution in [0.3, 0.4) is 0 Å². The number of aryl methyl sites for hydroxylation is 1. The average molecular weight is 290 g/mol. The van der Waals surface area contributed by atoms with Crippen LogP contribution in [0, 0.1) is 6.92 Å². The molecule has 0 aromatic carbocycles. The Morgan fingerprint density at radius 3 is 3.00 bits per heavy atom. The van der Waals surface area contributed by atoms with E-state index < -0.39 is 0 Å². The Bertz CT molecular complexity index is 446. The monoisotopic (exact) mass is 290 g/mol. The first-order valence-electron chi connectivity index (χ1n) is 8.19. The smallest absolute Gasteiger partial charge is 0.0445 e. The molecule has 1 saturated heterocycles. The van der Waals surface area contributed by atoms with E-state index in [1.807, 2.05) is 6.20 Å². The molecular weight excluding hydrogens is 260 g/mol. The Morgan fingerprint density at radius 2 is 2.29 bits per heavy atom. The number of rotatable bonds is 6. The van der Waals surface area contributed by atoms with E-state index in [4.69, 9.17) is 0 Å². The van der Waals surface area contributed by atoms with Crippen LogP contribution < -0.4 is 10.2 Å². The summed E-state index contributed by atoms with van der Waals surface area (Å²) in [5.41, 5.74) is 3.75. The fourth-order valence-corrected chi connectivity index (χ4v) is 3.09. The van der Waals surface area contributed by atoms with Gasteiger partial charge in [-0.2, -0.15) is 0 Å². The summed E-state index contributed by atoms with van der Waals surface area (Å²) in [6.45, 7) is 8.62. The van der Waals surface area contributed by atoms with Gasteiger partial charge < -0.3 is 15.1 Å². The highest BCUT2D eigenvalue weighted by atomic mass is 15.2. The molecule has 2 heterocycles. The van der Waals surface area contributed by atoms with Crippen molar-refractivity contribution < 1.29 is 0 Å². The van der Waals surface area contributed by atoms with Crippen LogP contribution in [0.4, 0.5) is 5.69 Å². The predicted molar refractivity (Wildman–Crippen MR) is 89.9 cm³/mol. The lowest BCUT2D eigenvalue weighted by Gasteiger charge is -2.38. The fraction of sp³-hybridized carbons (Fsp3) is 0.706. The molecule has 21 heavy (non-hydrogen) atoms. The van der Waals surface area contributed by atoms with Crippen molar-refractivity contribution in [3.8, 4) is 0 Å². The second-order valence-electron chi connectivity index (χ2n) is 6.30. The van der Waals surface area contributed by atoms with Gasteiger partial charge in [-0.15, -0.1) is 0 Å². The molecular formula is C17H30N4. The highest BCUT2D eigenvalue weighted by molar-refractivity contribution is 5.54. The molecule has 4 nitrogen and oxygen atoms in total. The summed E-state index contributed by atoms with van der Waals surface area (Å²) in [5, 5.41) is 3.50. The van der Waals surface area contributed by atoms with Crippen LogP contribution in [0.25, 0.3) is 0 Å². The van der Waals surface area contributed by atoms with Gasteiger partial charge in [-0.25, -0.2) is 0 Å². The first-order valence-corrected chi connectivity index (χ1v) is 8.19. The second-order valence-corrected chi connectivity index (χ2v) is 6.30. The molecule has 4 heteroatoms. The molecule has 0 radical (unpaired) electrons. The van der Waals surface area contributed by atoms with E-state index in [9.17, 15) is 0 Å². The van der Waals surface area contributed by atoms with Crippen LogP contribution in [-0.2, 0) is 6.54 Å². The van der Waals surface area contributed by atoms with Crippen LogP contribution in [-0.4, -0.2) is 49.7 Å². The summed E-state index contributed by atoms with van der Waals surface area (Å²) in [4.78, 5) is 9.39. The molecule has 1 aromatic rings. The van der Waals surface area contributed by atoms with Crippen LogP contribution in [0.1, 0.15) is 37.4 Å². The van der Waals surface area contributed by atoms with E-state index in [1.54, 1.807) is 0 Å². The Balaban J connectivity index is 2.13. The van der Waals surface area contributed by atoms with Crippen molar-refractivity contribution in [2.45, 2.75) is 45.7 Å². The third-order valence-corrected chi connectivity index (χ3v) is 4.37. The minimum absolute atomic E-state index is 0.607. The van der Waals surface area contributed by atoms with Gasteiger partial charge in [0.1, 0.15) is 0 Å². The standard InChI is InChI=1S/C17H30N4/c1-5-8-18-11-15-12-19-14(2)10-17(15)21(4)16-7-6-9-20(3)13-16/h10,12,16,18H,5-9,11,13H2,1-4H3. The SMILES string of the molecule is CCCNCc1cnc(C)cc1N(C)C1CCCN(C)C1. The van der Waals surface area contributed by atoms with Crippen LogP contribution in [0.5, 0.6) is 0 Å². The average Bonchev–Trinajstić information content (AvgIpc) is 2.48. The molecule has 0 bridgehead atoms. The zero-order valence-corrected chi connectivity index (χ0v) is 14.0. The number of anilines is 1. The molecule has 0 spiro atoms. The molecule has 1 fully saturated rings. The first-order chi connectivity index (χ1) is 10.1. The van der Waals surface area contributed by atoms with Crippen molar-refractivity contribution in [1.82, 2.24) is 15.2 Å². The quantitative estimate of drug-likeness (QED) is 0.815. The van der Waals surface area contributed by atoms with Gasteiger partial charge in [0, 0.05) is 49.3 Å². The molecule has 2 rings (SSSR count). The van der Waals surface area contributed by atoms with Crippen molar-refractivity contribution in [3.05, 3.63) is 23.5 Å². The van der Waals surface area contributed by atoms with Gasteiger partial charge in [-0.3, -0.25) is 4.98 Å². The molecule has 1 unspecified atom stereocenters. The number of pyridine rings is 1. The molecule has 0 aliphatic carbocycles. The summed E-state index contributed by atoms with van der Waals surface area (Å²) in [7, 11) is 4.46. The maximum Gasteiger partial charge on any atom is 0.0445 e.